The van der Waals surface area contributed by atoms with E-state index >= 15 is 0 Å². The highest BCUT2D eigenvalue weighted by Crippen LogP contribution is 2.53. The van der Waals surface area contributed by atoms with Crippen molar-refractivity contribution in [1.29, 1.82) is 0 Å². The summed E-state index contributed by atoms with van der Waals surface area (Å²) in [5, 5.41) is 23.8. The average molecular weight is 724 g/mol. The van der Waals surface area contributed by atoms with E-state index in [1.807, 2.05) is 6.92 Å². The second kappa shape index (κ2) is 15.0. The summed E-state index contributed by atoms with van der Waals surface area (Å²) in [6, 6.07) is 5.37. The van der Waals surface area contributed by atoms with Crippen LogP contribution in [0, 0.1) is 22.0 Å². The highest BCUT2D eigenvalue weighted by atomic mass is 32.2. The molecule has 0 aliphatic carbocycles. The van der Waals surface area contributed by atoms with Gasteiger partial charge in [-0.05, 0) is 67.3 Å². The van der Waals surface area contributed by atoms with Crippen molar-refractivity contribution in [2.75, 3.05) is 18.9 Å². The molecule has 0 unspecified atom stereocenters. The third-order valence-corrected chi connectivity index (χ3v) is 20.6. The third kappa shape index (κ3) is 8.89. The highest BCUT2D eigenvalue weighted by Gasteiger charge is 2.62. The maximum absolute atomic E-state index is 13.7. The Morgan fingerprint density at radius 2 is 1.65 bits per heavy atom. The molecule has 2 aliphatic rings. The molecule has 0 aromatic heterocycles. The van der Waals surface area contributed by atoms with Crippen LogP contribution in [0.25, 0.3) is 0 Å². The number of hydrogen-bond acceptors (Lipinski definition) is 9. The predicted octanol–water partition coefficient (Wildman–Crippen LogP) is 7.13. The van der Waals surface area contributed by atoms with E-state index in [0.717, 1.165) is 0 Å². The Balaban J connectivity index is 1.74. The zero-order valence-electron chi connectivity index (χ0n) is 30.2. The van der Waals surface area contributed by atoms with Crippen LogP contribution >= 0.6 is 11.8 Å². The number of aliphatic carboxylic acids is 1. The molecule has 1 aromatic carbocycles. The fourth-order valence-electron chi connectivity index (χ4n) is 5.44. The van der Waals surface area contributed by atoms with Crippen LogP contribution in [0.2, 0.25) is 36.3 Å². The zero-order chi connectivity index (χ0) is 36.4. The first-order chi connectivity index (χ1) is 22.0. The molecular formula is C33H53N3O9SSi2. The monoisotopic (exact) mass is 723 g/mol. The number of carbonyl (C=O) groups excluding carboxylic acids is 2. The Kier molecular flexibility index (Phi) is 12.4. The predicted molar refractivity (Wildman–Crippen MR) is 192 cm³/mol. The van der Waals surface area contributed by atoms with Crippen LogP contribution in [0.5, 0.6) is 0 Å². The SMILES string of the molecule is C[C@@H](O[Si](C)(C)C(C)(C)C)[C@H]1C(=O)N2C(C(=O)O)=C(SCCNC(=O)OCc3ccc([N+](=O)[O-])cc3)[C@H](CCO[Si](C)(C)C(C)(C)C)[C@H]12. The van der Waals surface area contributed by atoms with Gasteiger partial charge in [0.1, 0.15) is 12.3 Å². The summed E-state index contributed by atoms with van der Waals surface area (Å²) in [6.45, 7) is 24.1. The molecule has 2 amide bonds. The van der Waals surface area contributed by atoms with Crippen LogP contribution < -0.4 is 5.32 Å². The molecule has 0 radical (unpaired) electrons. The van der Waals surface area contributed by atoms with E-state index in [1.165, 1.54) is 40.9 Å². The summed E-state index contributed by atoms with van der Waals surface area (Å²) in [6.07, 6.45) is -0.494. The average Bonchev–Trinajstić information content (AvgIpc) is 3.22. The number of fused-ring (bicyclic) bond motifs is 1. The molecular weight excluding hydrogens is 671 g/mol. The summed E-state index contributed by atoms with van der Waals surface area (Å²) in [4.78, 5) is 51.1. The van der Waals surface area contributed by atoms with E-state index < -0.39 is 39.5 Å². The van der Waals surface area contributed by atoms with E-state index in [-0.39, 0.29) is 58.6 Å². The lowest BCUT2D eigenvalue weighted by atomic mass is 9.77. The van der Waals surface area contributed by atoms with Crippen molar-refractivity contribution in [3.8, 4) is 0 Å². The zero-order valence-corrected chi connectivity index (χ0v) is 33.0. The number of rotatable bonds is 15. The van der Waals surface area contributed by atoms with Gasteiger partial charge in [-0.15, -0.1) is 11.8 Å². The number of nitro benzene ring substituents is 1. The van der Waals surface area contributed by atoms with Crippen LogP contribution in [0.1, 0.15) is 60.5 Å². The van der Waals surface area contributed by atoms with Crippen LogP contribution in [-0.4, -0.2) is 80.6 Å². The van der Waals surface area contributed by atoms with Crippen molar-refractivity contribution in [2.45, 2.75) is 110 Å². The molecule has 15 heteroatoms. The third-order valence-electron chi connectivity index (χ3n) is 10.3. The molecule has 2 aliphatic heterocycles. The number of nitrogens with zero attached hydrogens (tertiary/aromatic N) is 2. The van der Waals surface area contributed by atoms with Gasteiger partial charge in [0.2, 0.25) is 5.91 Å². The number of carboxylic acid groups (broad SMARTS) is 1. The second-order valence-corrected chi connectivity index (χ2v) is 26.3. The van der Waals surface area contributed by atoms with Crippen molar-refractivity contribution in [3.63, 3.8) is 0 Å². The van der Waals surface area contributed by atoms with Crippen LogP contribution in [0.3, 0.4) is 0 Å². The quantitative estimate of drug-likeness (QED) is 0.0627. The number of nitrogens with one attached hydrogen (secondary N) is 1. The van der Waals surface area contributed by atoms with Gasteiger partial charge in [0.25, 0.3) is 5.69 Å². The summed E-state index contributed by atoms with van der Waals surface area (Å²) in [5.74, 6) is -1.77. The van der Waals surface area contributed by atoms with Gasteiger partial charge in [-0.1, -0.05) is 41.5 Å². The molecule has 1 aromatic rings. The molecule has 0 spiro atoms. The maximum atomic E-state index is 13.7. The van der Waals surface area contributed by atoms with Crippen molar-refractivity contribution in [1.82, 2.24) is 10.2 Å². The molecule has 0 bridgehead atoms. The number of hydrogen-bond donors (Lipinski definition) is 2. The Labute approximate surface area is 290 Å². The number of amides is 2. The van der Waals surface area contributed by atoms with Gasteiger partial charge in [0.05, 0.1) is 23.0 Å². The fraction of sp³-hybridized carbons (Fsp3) is 0.667. The van der Waals surface area contributed by atoms with E-state index in [1.54, 1.807) is 0 Å². The number of ether oxygens (including phenoxy) is 1. The number of carboxylic acids is 1. The van der Waals surface area contributed by atoms with Gasteiger partial charge >= 0.3 is 12.1 Å². The summed E-state index contributed by atoms with van der Waals surface area (Å²) in [5.41, 5.74) is 0.553. The molecule has 1 saturated heterocycles. The highest BCUT2D eigenvalue weighted by molar-refractivity contribution is 8.03. The molecule has 48 heavy (non-hydrogen) atoms. The first kappa shape index (κ1) is 39.7. The van der Waals surface area contributed by atoms with Crippen molar-refractivity contribution in [3.05, 3.63) is 50.5 Å². The standard InChI is InChI=1S/C33H53N3O9SSi2/c1-21(45-48(10,11)33(5,6)7)25-26-24(16-18-44-47(8,9)32(2,3)4)28(27(30(38)39)35(26)29(25)37)46-19-17-34-31(40)43-20-22-12-14-23(15-13-22)36(41)42/h12-15,21,24-26H,16-20H2,1-11H3,(H,34,40)(H,38,39)/t21-,24-,25-,26-/m1/s1. The molecule has 12 nitrogen and oxygen atoms in total. The minimum atomic E-state index is -2.21. The minimum Gasteiger partial charge on any atom is -0.477 e. The first-order valence-corrected chi connectivity index (χ1v) is 23.2. The number of carbonyl (C=O) groups is 3. The lowest BCUT2D eigenvalue weighted by molar-refractivity contribution is -0.384. The molecule has 2 heterocycles. The van der Waals surface area contributed by atoms with Gasteiger partial charge in [-0.3, -0.25) is 14.9 Å². The lowest BCUT2D eigenvalue weighted by Gasteiger charge is -2.50. The molecule has 2 N–H and O–H groups in total. The largest absolute Gasteiger partial charge is 0.477 e. The number of non-ortho nitro benzene ring substituents is 1. The molecule has 268 valence electrons. The van der Waals surface area contributed by atoms with Crippen molar-refractivity contribution < 1.29 is 38.0 Å². The van der Waals surface area contributed by atoms with Gasteiger partial charge < -0.3 is 28.9 Å². The molecule has 4 atom stereocenters. The fourth-order valence-corrected chi connectivity index (χ4v) is 9.14. The summed E-state index contributed by atoms with van der Waals surface area (Å²) in [7, 11) is -4.29. The lowest BCUT2D eigenvalue weighted by Crippen LogP contribution is -2.65. The topological polar surface area (TPSA) is 158 Å². The summed E-state index contributed by atoms with van der Waals surface area (Å²) >= 11 is 1.33. The smallest absolute Gasteiger partial charge is 0.407 e. The Morgan fingerprint density at radius 3 is 2.17 bits per heavy atom. The van der Waals surface area contributed by atoms with E-state index in [9.17, 15) is 29.6 Å². The molecule has 0 saturated carbocycles. The number of benzene rings is 1. The van der Waals surface area contributed by atoms with Crippen LogP contribution in [-0.2, 0) is 29.8 Å². The Morgan fingerprint density at radius 1 is 1.06 bits per heavy atom. The Hall–Kier alpha value is -2.73. The van der Waals surface area contributed by atoms with E-state index in [2.05, 4.69) is 73.0 Å². The number of nitro groups is 1. The van der Waals surface area contributed by atoms with E-state index in [0.29, 0.717) is 29.2 Å². The second-order valence-electron chi connectivity index (χ2n) is 15.6. The van der Waals surface area contributed by atoms with Gasteiger partial charge in [0.15, 0.2) is 16.6 Å². The maximum Gasteiger partial charge on any atom is 0.407 e. The number of alkyl carbamates (subject to hydrolysis) is 1. The van der Waals surface area contributed by atoms with Crippen LogP contribution in [0.15, 0.2) is 34.9 Å². The number of thioether (sulfide) groups is 1. The summed E-state index contributed by atoms with van der Waals surface area (Å²) < 4.78 is 18.4. The van der Waals surface area contributed by atoms with E-state index in [4.69, 9.17) is 13.6 Å². The van der Waals surface area contributed by atoms with Crippen LogP contribution in [0.4, 0.5) is 10.5 Å². The van der Waals surface area contributed by atoms with Gasteiger partial charge in [-0.2, -0.15) is 0 Å². The van der Waals surface area contributed by atoms with Gasteiger partial charge in [-0.25, -0.2) is 9.59 Å². The van der Waals surface area contributed by atoms with Gasteiger partial charge in [0, 0.05) is 41.9 Å². The Bertz CT molecular complexity index is 1400. The molecule has 3 rings (SSSR count). The van der Waals surface area contributed by atoms with Crippen molar-refractivity contribution in [2.24, 2.45) is 11.8 Å². The first-order valence-electron chi connectivity index (χ1n) is 16.4. The molecule has 1 fully saturated rings. The number of β-lactam (4-membered cyclic amide) rings is 1. The minimum absolute atomic E-state index is 0.00357. The van der Waals surface area contributed by atoms with Crippen molar-refractivity contribution >= 4 is 52.1 Å². The normalized spacial score (nSPS) is 20.7.